The Bertz CT molecular complexity index is 1000. The molecule has 30 heavy (non-hydrogen) atoms. The first-order chi connectivity index (χ1) is 14.3. The van der Waals surface area contributed by atoms with Gasteiger partial charge < -0.3 is 25.7 Å². The molecule has 0 unspecified atom stereocenters. The highest BCUT2D eigenvalue weighted by Gasteiger charge is 2.32. The molecule has 4 N–H and O–H groups in total. The number of benzene rings is 1. The maximum atomic E-state index is 11.8. The average Bonchev–Trinajstić information content (AvgIpc) is 3.23. The molecule has 1 saturated heterocycles. The number of halogens is 1. The number of methoxy groups -OCH3 is 1. The minimum atomic E-state index is -0.437. The number of H-pyrrole nitrogens is 1. The van der Waals surface area contributed by atoms with Crippen LogP contribution in [0.5, 0.6) is 5.75 Å². The quantitative estimate of drug-likeness (QED) is 0.492. The van der Waals surface area contributed by atoms with E-state index in [4.69, 9.17) is 22.1 Å². The molecule has 0 saturated carbocycles. The van der Waals surface area contributed by atoms with Gasteiger partial charge in [0.25, 0.3) is 5.56 Å². The second-order valence-electron chi connectivity index (χ2n) is 6.69. The summed E-state index contributed by atoms with van der Waals surface area (Å²) in [6, 6.07) is 4.68. The van der Waals surface area contributed by atoms with E-state index in [1.807, 2.05) is 0 Å². The molecule has 1 aliphatic heterocycles. The molecule has 2 aromatic rings. The number of hydrogen-bond donors (Lipinski definition) is 3. The largest absolute Gasteiger partial charge is 0.495 e. The van der Waals surface area contributed by atoms with Crippen LogP contribution in [0.2, 0.25) is 5.02 Å². The van der Waals surface area contributed by atoms with Crippen LogP contribution in [-0.4, -0.2) is 60.8 Å². The minimum absolute atomic E-state index is 0.107. The number of carbonyl (C=O) groups excluding carboxylic acids is 2. The normalized spacial score (nSPS) is 16.1. The van der Waals surface area contributed by atoms with Crippen LogP contribution in [0.4, 0.5) is 0 Å². The third kappa shape index (κ3) is 5.73. The lowest BCUT2D eigenvalue weighted by Gasteiger charge is -2.22. The number of nitrogens with zero attached hydrogens (tertiary/aromatic N) is 2. The van der Waals surface area contributed by atoms with Gasteiger partial charge in [0.2, 0.25) is 11.8 Å². The highest BCUT2D eigenvalue weighted by atomic mass is 35.5. The highest BCUT2D eigenvalue weighted by Crippen LogP contribution is 2.24. The number of fused-ring (bicyclic) bond motifs is 1. The molecule has 0 bridgehead atoms. The van der Waals surface area contributed by atoms with Crippen molar-refractivity contribution in [3.8, 4) is 5.75 Å². The summed E-state index contributed by atoms with van der Waals surface area (Å²) in [5.41, 5.74) is 5.07. The summed E-state index contributed by atoms with van der Waals surface area (Å²) in [6.07, 6.45) is 3.04. The summed E-state index contributed by atoms with van der Waals surface area (Å²) in [5, 5.41) is 4.72. The van der Waals surface area contributed by atoms with Crippen molar-refractivity contribution in [3.63, 3.8) is 0 Å². The number of hydrogen-bond acceptors (Lipinski definition) is 5. The number of amides is 2. The van der Waals surface area contributed by atoms with Crippen molar-refractivity contribution < 1.29 is 14.3 Å². The molecule has 1 aromatic carbocycles. The molecule has 1 fully saturated rings. The Balaban J connectivity index is 0.000000215. The van der Waals surface area contributed by atoms with Crippen molar-refractivity contribution in [2.75, 3.05) is 27.2 Å². The second kappa shape index (κ2) is 10.6. The van der Waals surface area contributed by atoms with E-state index in [0.29, 0.717) is 35.0 Å². The maximum absolute atomic E-state index is 11.8. The standard InChI is InChI=1S/C10H8ClNO2.C10H18N4O2/c1-14-9-5-12-10(13)8-4-6(11)2-3-7(8)9;1-7(12-2)13-6-9(15)14-5-3-4-8(14)10(11)16/h2-5H,1H3,(H,12,13);8H,3-6H2,1-2H3,(H2,11,16)(H,12,13)/t;8-/m.0/s1. The van der Waals surface area contributed by atoms with Crippen LogP contribution < -0.4 is 21.3 Å². The van der Waals surface area contributed by atoms with Crippen LogP contribution in [-0.2, 0) is 9.59 Å². The van der Waals surface area contributed by atoms with Crippen LogP contribution in [0, 0.1) is 0 Å². The number of aromatic amines is 1. The molecule has 9 nitrogen and oxygen atoms in total. The zero-order chi connectivity index (χ0) is 22.3. The Morgan fingerprint density at radius 3 is 2.77 bits per heavy atom. The highest BCUT2D eigenvalue weighted by molar-refractivity contribution is 6.31. The molecule has 10 heteroatoms. The second-order valence-corrected chi connectivity index (χ2v) is 7.12. The van der Waals surface area contributed by atoms with Gasteiger partial charge in [-0.1, -0.05) is 11.6 Å². The molecule has 0 aliphatic carbocycles. The third-order valence-electron chi connectivity index (χ3n) is 4.78. The van der Waals surface area contributed by atoms with E-state index in [-0.39, 0.29) is 18.0 Å². The number of primary amides is 1. The Morgan fingerprint density at radius 1 is 1.40 bits per heavy atom. The number of nitrogens with two attached hydrogens (primary N) is 1. The van der Waals surface area contributed by atoms with E-state index in [9.17, 15) is 14.4 Å². The van der Waals surface area contributed by atoms with Gasteiger partial charge in [-0.15, -0.1) is 0 Å². The summed E-state index contributed by atoms with van der Waals surface area (Å²) >= 11 is 5.79. The van der Waals surface area contributed by atoms with E-state index in [1.54, 1.807) is 45.5 Å². The summed E-state index contributed by atoms with van der Waals surface area (Å²) in [6.45, 7) is 2.55. The summed E-state index contributed by atoms with van der Waals surface area (Å²) in [7, 11) is 3.20. The molecule has 0 radical (unpaired) electrons. The first kappa shape index (κ1) is 23.2. The van der Waals surface area contributed by atoms with Gasteiger partial charge in [0, 0.05) is 30.2 Å². The lowest BCUT2D eigenvalue weighted by Crippen LogP contribution is -2.47. The number of pyridine rings is 1. The van der Waals surface area contributed by atoms with E-state index in [1.165, 1.54) is 4.90 Å². The molecule has 1 aromatic heterocycles. The number of rotatable bonds is 4. The summed E-state index contributed by atoms with van der Waals surface area (Å²) in [5.74, 6) is 0.801. The lowest BCUT2D eigenvalue weighted by atomic mass is 10.1. The number of aromatic nitrogens is 1. The minimum Gasteiger partial charge on any atom is -0.495 e. The van der Waals surface area contributed by atoms with Crippen molar-refractivity contribution >= 4 is 40.0 Å². The first-order valence-corrected chi connectivity index (χ1v) is 9.77. The van der Waals surface area contributed by atoms with Crippen LogP contribution in [0.25, 0.3) is 10.8 Å². The number of amidine groups is 1. The fourth-order valence-corrected chi connectivity index (χ4v) is 3.29. The van der Waals surface area contributed by atoms with Crippen LogP contribution in [0.15, 0.2) is 34.2 Å². The predicted molar refractivity (Wildman–Crippen MR) is 117 cm³/mol. The van der Waals surface area contributed by atoms with Crippen LogP contribution in [0.1, 0.15) is 19.8 Å². The van der Waals surface area contributed by atoms with Gasteiger partial charge in [0.15, 0.2) is 0 Å². The molecule has 2 heterocycles. The van der Waals surface area contributed by atoms with E-state index in [0.717, 1.165) is 11.8 Å². The number of ether oxygens (including phenoxy) is 1. The van der Waals surface area contributed by atoms with Gasteiger partial charge in [-0.3, -0.25) is 19.4 Å². The number of aliphatic imine (C=N–C) groups is 1. The van der Waals surface area contributed by atoms with Gasteiger partial charge in [0.1, 0.15) is 11.8 Å². The molecule has 2 amide bonds. The molecule has 1 atom stereocenters. The van der Waals surface area contributed by atoms with Crippen molar-refractivity contribution in [2.24, 2.45) is 10.7 Å². The fraction of sp³-hybridized carbons (Fsp3) is 0.400. The Hall–Kier alpha value is -3.07. The molecule has 0 spiro atoms. The number of nitrogens with one attached hydrogen (secondary N) is 2. The monoisotopic (exact) mass is 435 g/mol. The van der Waals surface area contributed by atoms with E-state index in [2.05, 4.69) is 15.3 Å². The van der Waals surface area contributed by atoms with Gasteiger partial charge in [-0.2, -0.15) is 0 Å². The zero-order valence-electron chi connectivity index (χ0n) is 17.2. The topological polar surface area (TPSA) is 130 Å². The zero-order valence-corrected chi connectivity index (χ0v) is 18.0. The van der Waals surface area contributed by atoms with Gasteiger partial charge in [0.05, 0.1) is 24.9 Å². The van der Waals surface area contributed by atoms with Gasteiger partial charge >= 0.3 is 0 Å². The predicted octanol–water partition coefficient (Wildman–Crippen LogP) is 1.29. The summed E-state index contributed by atoms with van der Waals surface area (Å²) < 4.78 is 5.11. The first-order valence-electron chi connectivity index (χ1n) is 9.39. The van der Waals surface area contributed by atoms with Crippen LogP contribution in [0.3, 0.4) is 0 Å². The smallest absolute Gasteiger partial charge is 0.256 e. The van der Waals surface area contributed by atoms with Crippen molar-refractivity contribution in [1.29, 1.82) is 0 Å². The van der Waals surface area contributed by atoms with Gasteiger partial charge in [-0.05, 0) is 38.0 Å². The van der Waals surface area contributed by atoms with E-state index >= 15 is 0 Å². The maximum Gasteiger partial charge on any atom is 0.256 e. The molecule has 162 valence electrons. The Kier molecular flexibility index (Phi) is 8.23. The molecular formula is C20H26ClN5O4. The molecular weight excluding hydrogens is 410 g/mol. The Labute approximate surface area is 179 Å². The van der Waals surface area contributed by atoms with Crippen molar-refractivity contribution in [2.45, 2.75) is 25.8 Å². The molecule has 1 aliphatic rings. The average molecular weight is 436 g/mol. The summed E-state index contributed by atoms with van der Waals surface area (Å²) in [4.78, 5) is 42.3. The van der Waals surface area contributed by atoms with Crippen molar-refractivity contribution in [1.82, 2.24) is 15.2 Å². The Morgan fingerprint density at radius 2 is 2.13 bits per heavy atom. The fourth-order valence-electron chi connectivity index (χ4n) is 3.12. The number of likely N-dealkylation sites (tertiary alicyclic amines) is 1. The van der Waals surface area contributed by atoms with Crippen LogP contribution >= 0.6 is 11.6 Å². The molecule has 3 rings (SSSR count). The van der Waals surface area contributed by atoms with Crippen molar-refractivity contribution in [3.05, 3.63) is 39.8 Å². The van der Waals surface area contributed by atoms with E-state index < -0.39 is 11.9 Å². The number of carbonyl (C=O) groups is 2. The SMILES string of the molecule is CN=C(C)NCC(=O)N1CCC[C@H]1C(N)=O.COc1c[nH]c(=O)c2cc(Cl)ccc12. The lowest BCUT2D eigenvalue weighted by molar-refractivity contribution is -0.136. The third-order valence-corrected chi connectivity index (χ3v) is 5.01. The van der Waals surface area contributed by atoms with Gasteiger partial charge in [-0.25, -0.2) is 0 Å².